The maximum atomic E-state index is 6.28. The summed E-state index contributed by atoms with van der Waals surface area (Å²) in [5.74, 6) is 0.979. The molecule has 0 spiro atoms. The number of aromatic nitrogens is 2. The van der Waals surface area contributed by atoms with Crippen molar-refractivity contribution < 1.29 is 0 Å². The van der Waals surface area contributed by atoms with Crippen LogP contribution in [0, 0.1) is 11.8 Å². The predicted octanol–water partition coefficient (Wildman–Crippen LogP) is 2.30. The van der Waals surface area contributed by atoms with Gasteiger partial charge in [0.25, 0.3) is 0 Å². The summed E-state index contributed by atoms with van der Waals surface area (Å²) in [4.78, 5) is 6.52. The Morgan fingerprint density at radius 2 is 1.83 bits per heavy atom. The third kappa shape index (κ3) is 3.56. The maximum absolute atomic E-state index is 6.28. The van der Waals surface area contributed by atoms with E-state index in [4.69, 9.17) is 5.73 Å². The summed E-state index contributed by atoms with van der Waals surface area (Å²) in [5.41, 5.74) is 7.42. The Labute approximate surface area is 111 Å². The first kappa shape index (κ1) is 15.2. The fraction of sp³-hybridized carbons (Fsp3) is 0.786. The van der Waals surface area contributed by atoms with Gasteiger partial charge >= 0.3 is 0 Å². The number of hydrogen-bond donors (Lipinski definition) is 1. The predicted molar refractivity (Wildman–Crippen MR) is 76.4 cm³/mol. The summed E-state index contributed by atoms with van der Waals surface area (Å²) in [6, 6.07) is 0.471. The van der Waals surface area contributed by atoms with E-state index in [0.29, 0.717) is 17.9 Å². The van der Waals surface area contributed by atoms with E-state index >= 15 is 0 Å². The molecule has 0 fully saturated rings. The zero-order chi connectivity index (χ0) is 13.9. The highest BCUT2D eigenvalue weighted by molar-refractivity contribution is 5.07. The van der Waals surface area contributed by atoms with Crippen LogP contribution in [0.3, 0.4) is 0 Å². The topological polar surface area (TPSA) is 47.1 Å². The van der Waals surface area contributed by atoms with Crippen molar-refractivity contribution in [1.29, 1.82) is 0 Å². The van der Waals surface area contributed by atoms with E-state index in [0.717, 1.165) is 12.2 Å². The molecule has 0 radical (unpaired) electrons. The number of likely N-dealkylation sites (N-methyl/N-ethyl adjacent to an activating group) is 1. The Balaban J connectivity index is 3.02. The molecule has 0 amide bonds. The highest BCUT2D eigenvalue weighted by Crippen LogP contribution is 2.25. The second-order valence-corrected chi connectivity index (χ2v) is 6.07. The molecular weight excluding hydrogens is 224 g/mol. The van der Waals surface area contributed by atoms with Crippen LogP contribution in [0.1, 0.15) is 45.5 Å². The van der Waals surface area contributed by atoms with Crippen molar-refractivity contribution in [2.24, 2.45) is 17.6 Å². The second-order valence-electron chi connectivity index (χ2n) is 6.07. The first-order valence-corrected chi connectivity index (χ1v) is 6.76. The summed E-state index contributed by atoms with van der Waals surface area (Å²) in [6.45, 7) is 9.81. The SMILES string of the molecule is CC(C)C(N)c1cncn1C(CN(C)C)C(C)C. The van der Waals surface area contributed by atoms with E-state index in [9.17, 15) is 0 Å². The van der Waals surface area contributed by atoms with Crippen molar-refractivity contribution in [2.45, 2.75) is 39.8 Å². The molecule has 4 heteroatoms. The average molecular weight is 252 g/mol. The van der Waals surface area contributed by atoms with Crippen molar-refractivity contribution in [3.05, 3.63) is 18.2 Å². The third-order valence-corrected chi connectivity index (χ3v) is 3.43. The molecule has 0 saturated carbocycles. The molecule has 0 aromatic carbocycles. The first-order chi connectivity index (χ1) is 8.34. The minimum absolute atomic E-state index is 0.0518. The number of hydrogen-bond acceptors (Lipinski definition) is 3. The van der Waals surface area contributed by atoms with Crippen LogP contribution in [0.5, 0.6) is 0 Å². The van der Waals surface area contributed by atoms with Gasteiger partial charge in [0.05, 0.1) is 12.0 Å². The van der Waals surface area contributed by atoms with Gasteiger partial charge in [0, 0.05) is 24.8 Å². The van der Waals surface area contributed by atoms with E-state index in [-0.39, 0.29) is 6.04 Å². The smallest absolute Gasteiger partial charge is 0.0951 e. The number of imidazole rings is 1. The number of nitrogens with two attached hydrogens (primary N) is 1. The lowest BCUT2D eigenvalue weighted by atomic mass is 9.99. The van der Waals surface area contributed by atoms with Gasteiger partial charge in [-0.3, -0.25) is 0 Å². The molecule has 0 aliphatic rings. The standard InChI is InChI=1S/C14H28N4/c1-10(2)13(8-17(5)6)18-9-16-7-12(18)14(15)11(3)4/h7,9-11,13-14H,8,15H2,1-6H3. The van der Waals surface area contributed by atoms with Crippen molar-refractivity contribution >= 4 is 0 Å². The zero-order valence-corrected chi connectivity index (χ0v) is 12.6. The Bertz CT molecular complexity index is 354. The van der Waals surface area contributed by atoms with E-state index in [2.05, 4.69) is 56.2 Å². The van der Waals surface area contributed by atoms with E-state index in [1.807, 2.05) is 12.5 Å². The average Bonchev–Trinajstić information content (AvgIpc) is 2.72. The molecule has 0 aliphatic carbocycles. The zero-order valence-electron chi connectivity index (χ0n) is 12.6. The molecule has 0 bridgehead atoms. The molecule has 18 heavy (non-hydrogen) atoms. The van der Waals surface area contributed by atoms with Gasteiger partial charge in [0.15, 0.2) is 0 Å². The monoisotopic (exact) mass is 252 g/mol. The Morgan fingerprint density at radius 3 is 2.28 bits per heavy atom. The summed E-state index contributed by atoms with van der Waals surface area (Å²) < 4.78 is 2.26. The van der Waals surface area contributed by atoms with E-state index in [1.165, 1.54) is 0 Å². The molecule has 2 N–H and O–H groups in total. The summed E-state index contributed by atoms with van der Waals surface area (Å²) in [7, 11) is 4.21. The molecule has 2 unspecified atom stereocenters. The van der Waals surface area contributed by atoms with Gasteiger partial charge in [-0.15, -0.1) is 0 Å². The largest absolute Gasteiger partial charge is 0.328 e. The highest BCUT2D eigenvalue weighted by atomic mass is 15.2. The van der Waals surface area contributed by atoms with Gasteiger partial charge < -0.3 is 15.2 Å². The summed E-state index contributed by atoms with van der Waals surface area (Å²) >= 11 is 0. The van der Waals surface area contributed by atoms with Gasteiger partial charge in [-0.25, -0.2) is 4.98 Å². The van der Waals surface area contributed by atoms with Gasteiger partial charge in [-0.05, 0) is 25.9 Å². The van der Waals surface area contributed by atoms with Crippen LogP contribution in [0.2, 0.25) is 0 Å². The van der Waals surface area contributed by atoms with Crippen LogP contribution in [0.25, 0.3) is 0 Å². The number of rotatable bonds is 6. The molecule has 104 valence electrons. The normalized spacial score (nSPS) is 15.7. The molecule has 1 aromatic rings. The van der Waals surface area contributed by atoms with Crippen molar-refractivity contribution in [3.8, 4) is 0 Å². The van der Waals surface area contributed by atoms with Crippen LogP contribution in [-0.4, -0.2) is 35.1 Å². The summed E-state index contributed by atoms with van der Waals surface area (Å²) in [5, 5.41) is 0. The quantitative estimate of drug-likeness (QED) is 0.845. The fourth-order valence-electron chi connectivity index (χ4n) is 2.19. The minimum atomic E-state index is 0.0518. The lowest BCUT2D eigenvalue weighted by Crippen LogP contribution is -2.31. The third-order valence-electron chi connectivity index (χ3n) is 3.43. The molecule has 2 atom stereocenters. The summed E-state index contributed by atoms with van der Waals surface area (Å²) in [6.07, 6.45) is 3.83. The minimum Gasteiger partial charge on any atom is -0.328 e. The fourth-order valence-corrected chi connectivity index (χ4v) is 2.19. The molecule has 0 saturated heterocycles. The Kier molecular flexibility index (Phi) is 5.35. The first-order valence-electron chi connectivity index (χ1n) is 6.76. The highest BCUT2D eigenvalue weighted by Gasteiger charge is 2.22. The molecule has 1 aromatic heterocycles. The van der Waals surface area contributed by atoms with Crippen LogP contribution < -0.4 is 5.73 Å². The molecule has 1 rings (SSSR count). The van der Waals surface area contributed by atoms with Crippen LogP contribution in [-0.2, 0) is 0 Å². The lowest BCUT2D eigenvalue weighted by Gasteiger charge is -2.29. The van der Waals surface area contributed by atoms with E-state index < -0.39 is 0 Å². The Hall–Kier alpha value is -0.870. The Morgan fingerprint density at radius 1 is 1.22 bits per heavy atom. The van der Waals surface area contributed by atoms with Crippen LogP contribution in [0.15, 0.2) is 12.5 Å². The molecule has 0 aliphatic heterocycles. The van der Waals surface area contributed by atoms with Crippen LogP contribution >= 0.6 is 0 Å². The van der Waals surface area contributed by atoms with Crippen LogP contribution in [0.4, 0.5) is 0 Å². The van der Waals surface area contributed by atoms with Crippen molar-refractivity contribution in [3.63, 3.8) is 0 Å². The van der Waals surface area contributed by atoms with Gasteiger partial charge in [0.2, 0.25) is 0 Å². The van der Waals surface area contributed by atoms with E-state index in [1.54, 1.807) is 0 Å². The van der Waals surface area contributed by atoms with Crippen molar-refractivity contribution in [1.82, 2.24) is 14.5 Å². The van der Waals surface area contributed by atoms with Gasteiger partial charge in [-0.1, -0.05) is 27.7 Å². The maximum Gasteiger partial charge on any atom is 0.0951 e. The van der Waals surface area contributed by atoms with Gasteiger partial charge in [0.1, 0.15) is 0 Å². The van der Waals surface area contributed by atoms with Crippen molar-refractivity contribution in [2.75, 3.05) is 20.6 Å². The second kappa shape index (κ2) is 6.34. The molecular formula is C14H28N4. The molecule has 4 nitrogen and oxygen atoms in total. The lowest BCUT2D eigenvalue weighted by molar-refractivity contribution is 0.260. The molecule has 1 heterocycles. The van der Waals surface area contributed by atoms with Gasteiger partial charge in [-0.2, -0.15) is 0 Å². The number of nitrogens with zero attached hydrogens (tertiary/aromatic N) is 3.